The third kappa shape index (κ3) is 3.30. The Hall–Kier alpha value is -1.14. The minimum Gasteiger partial charge on any atom is -0.477 e. The van der Waals surface area contributed by atoms with Crippen LogP contribution in [0.3, 0.4) is 0 Å². The monoisotopic (exact) mass is 298 g/mol. The topological polar surface area (TPSA) is 62.7 Å². The van der Waals surface area contributed by atoms with E-state index in [0.717, 1.165) is 31.2 Å². The summed E-state index contributed by atoms with van der Waals surface area (Å²) in [6.45, 7) is 10.4. The van der Waals surface area contributed by atoms with Crippen LogP contribution in [0.5, 0.6) is 0 Å². The van der Waals surface area contributed by atoms with Gasteiger partial charge in [-0.05, 0) is 13.3 Å². The second-order valence-electron chi connectivity index (χ2n) is 6.21. The number of nitrogens with zero attached hydrogens (tertiary/aromatic N) is 2. The molecule has 2 heterocycles. The molecule has 0 amide bonds. The van der Waals surface area contributed by atoms with Crippen LogP contribution >= 0.6 is 11.3 Å². The molecular weight excluding hydrogens is 276 g/mol. The Morgan fingerprint density at radius 1 is 1.50 bits per heavy atom. The summed E-state index contributed by atoms with van der Waals surface area (Å²) >= 11 is 1.27. The normalized spacial score (nSPS) is 20.8. The highest BCUT2D eigenvalue weighted by Gasteiger charge is 2.29. The Kier molecular flexibility index (Phi) is 4.34. The summed E-state index contributed by atoms with van der Waals surface area (Å²) in [5, 5.41) is 10.2. The van der Waals surface area contributed by atoms with Crippen LogP contribution < -0.4 is 4.90 Å². The Labute approximate surface area is 123 Å². The van der Waals surface area contributed by atoms with Crippen LogP contribution in [-0.4, -0.2) is 41.9 Å². The Morgan fingerprint density at radius 2 is 2.20 bits per heavy atom. The SMILES string of the molecule is CC1CN(c2nc(C(C)(C)C)c(C(=O)O)s2)CCCO1. The molecular formula is C14H22N2O3S. The average molecular weight is 298 g/mol. The maximum atomic E-state index is 11.4. The molecule has 20 heavy (non-hydrogen) atoms. The fraction of sp³-hybridized carbons (Fsp3) is 0.714. The quantitative estimate of drug-likeness (QED) is 0.909. The number of thiazole rings is 1. The van der Waals surface area contributed by atoms with Crippen molar-refractivity contribution in [3.63, 3.8) is 0 Å². The molecule has 1 atom stereocenters. The van der Waals surface area contributed by atoms with E-state index in [1.165, 1.54) is 11.3 Å². The van der Waals surface area contributed by atoms with Gasteiger partial charge in [0, 0.05) is 25.1 Å². The fourth-order valence-electron chi connectivity index (χ4n) is 2.27. The van der Waals surface area contributed by atoms with Gasteiger partial charge in [0.1, 0.15) is 4.88 Å². The number of hydrogen-bond donors (Lipinski definition) is 1. The lowest BCUT2D eigenvalue weighted by Gasteiger charge is -2.21. The van der Waals surface area contributed by atoms with Crippen molar-refractivity contribution in [2.75, 3.05) is 24.6 Å². The van der Waals surface area contributed by atoms with E-state index in [4.69, 9.17) is 4.74 Å². The smallest absolute Gasteiger partial charge is 0.347 e. The molecule has 112 valence electrons. The summed E-state index contributed by atoms with van der Waals surface area (Å²) in [4.78, 5) is 18.5. The zero-order valence-corrected chi connectivity index (χ0v) is 13.3. The van der Waals surface area contributed by atoms with Crippen molar-refractivity contribution in [1.82, 2.24) is 4.98 Å². The molecule has 0 radical (unpaired) electrons. The third-order valence-corrected chi connectivity index (χ3v) is 4.35. The Morgan fingerprint density at radius 3 is 2.75 bits per heavy atom. The third-order valence-electron chi connectivity index (χ3n) is 3.24. The number of rotatable bonds is 2. The van der Waals surface area contributed by atoms with Crippen LogP contribution in [0.15, 0.2) is 0 Å². The van der Waals surface area contributed by atoms with Gasteiger partial charge in [-0.1, -0.05) is 32.1 Å². The van der Waals surface area contributed by atoms with Gasteiger partial charge in [0.2, 0.25) is 0 Å². The number of hydrogen-bond acceptors (Lipinski definition) is 5. The maximum Gasteiger partial charge on any atom is 0.347 e. The van der Waals surface area contributed by atoms with E-state index >= 15 is 0 Å². The first-order valence-corrected chi connectivity index (χ1v) is 7.72. The molecule has 0 aromatic carbocycles. The van der Waals surface area contributed by atoms with Crippen molar-refractivity contribution in [3.8, 4) is 0 Å². The van der Waals surface area contributed by atoms with Crippen LogP contribution in [0, 0.1) is 0 Å². The molecule has 1 aromatic heterocycles. The number of carboxylic acid groups (broad SMARTS) is 1. The van der Waals surface area contributed by atoms with E-state index in [9.17, 15) is 9.90 Å². The highest BCUT2D eigenvalue weighted by molar-refractivity contribution is 7.17. The molecule has 1 saturated heterocycles. The molecule has 0 saturated carbocycles. The molecule has 0 bridgehead atoms. The predicted octanol–water partition coefficient (Wildman–Crippen LogP) is 2.75. The van der Waals surface area contributed by atoms with E-state index < -0.39 is 5.97 Å². The highest BCUT2D eigenvalue weighted by Crippen LogP contribution is 2.34. The Bertz CT molecular complexity index is 493. The Balaban J connectivity index is 2.35. The van der Waals surface area contributed by atoms with Crippen molar-refractivity contribution in [1.29, 1.82) is 0 Å². The van der Waals surface area contributed by atoms with E-state index in [-0.39, 0.29) is 11.5 Å². The number of aromatic nitrogens is 1. The van der Waals surface area contributed by atoms with Crippen molar-refractivity contribution in [3.05, 3.63) is 10.6 Å². The van der Waals surface area contributed by atoms with Crippen LogP contribution in [0.2, 0.25) is 0 Å². The average Bonchev–Trinajstić information content (AvgIpc) is 2.68. The minimum atomic E-state index is -0.891. The van der Waals surface area contributed by atoms with Crippen molar-refractivity contribution in [2.45, 2.75) is 45.6 Å². The molecule has 0 spiro atoms. The first-order valence-electron chi connectivity index (χ1n) is 6.90. The van der Waals surface area contributed by atoms with Gasteiger partial charge in [-0.15, -0.1) is 0 Å². The van der Waals surface area contributed by atoms with Crippen molar-refractivity contribution < 1.29 is 14.6 Å². The molecule has 2 rings (SSSR count). The molecule has 1 fully saturated rings. The molecule has 6 heteroatoms. The first-order chi connectivity index (χ1) is 9.29. The van der Waals surface area contributed by atoms with Gasteiger partial charge in [-0.2, -0.15) is 0 Å². The van der Waals surface area contributed by atoms with Crippen molar-refractivity contribution in [2.24, 2.45) is 0 Å². The lowest BCUT2D eigenvalue weighted by molar-refractivity contribution is 0.0699. The summed E-state index contributed by atoms with van der Waals surface area (Å²) in [6, 6.07) is 0. The molecule has 5 nitrogen and oxygen atoms in total. The van der Waals surface area contributed by atoms with Crippen LogP contribution in [0.1, 0.15) is 49.5 Å². The lowest BCUT2D eigenvalue weighted by atomic mass is 9.91. The van der Waals surface area contributed by atoms with Gasteiger partial charge >= 0.3 is 5.97 Å². The molecule has 0 aliphatic carbocycles. The van der Waals surface area contributed by atoms with Gasteiger partial charge in [-0.3, -0.25) is 0 Å². The summed E-state index contributed by atoms with van der Waals surface area (Å²) in [6.07, 6.45) is 1.09. The van der Waals surface area contributed by atoms with E-state index in [1.54, 1.807) is 0 Å². The predicted molar refractivity (Wildman–Crippen MR) is 80.0 cm³/mol. The lowest BCUT2D eigenvalue weighted by Crippen LogP contribution is -2.30. The molecule has 1 N–H and O–H groups in total. The van der Waals surface area contributed by atoms with Gasteiger partial charge in [-0.25, -0.2) is 9.78 Å². The van der Waals surface area contributed by atoms with Gasteiger partial charge < -0.3 is 14.7 Å². The second kappa shape index (κ2) is 5.69. The van der Waals surface area contributed by atoms with E-state index in [0.29, 0.717) is 10.6 Å². The van der Waals surface area contributed by atoms with Crippen LogP contribution in [0.25, 0.3) is 0 Å². The number of carbonyl (C=O) groups is 1. The van der Waals surface area contributed by atoms with Crippen molar-refractivity contribution >= 4 is 22.4 Å². The van der Waals surface area contributed by atoms with Gasteiger partial charge in [0.15, 0.2) is 5.13 Å². The summed E-state index contributed by atoms with van der Waals surface area (Å²) < 4.78 is 5.63. The van der Waals surface area contributed by atoms with Crippen LogP contribution in [0.4, 0.5) is 5.13 Å². The fourth-order valence-corrected chi connectivity index (χ4v) is 3.42. The largest absolute Gasteiger partial charge is 0.477 e. The summed E-state index contributed by atoms with van der Waals surface area (Å²) in [7, 11) is 0. The number of ether oxygens (including phenoxy) is 1. The standard InChI is InChI=1S/C14H22N2O3S/c1-9-8-16(6-5-7-19-9)13-15-11(14(2,3)4)10(20-13)12(17)18/h9H,5-8H2,1-4H3,(H,17,18). The number of aromatic carboxylic acids is 1. The summed E-state index contributed by atoms with van der Waals surface area (Å²) in [5.74, 6) is -0.891. The maximum absolute atomic E-state index is 11.4. The second-order valence-corrected chi connectivity index (χ2v) is 7.19. The van der Waals surface area contributed by atoms with E-state index in [1.807, 2.05) is 27.7 Å². The van der Waals surface area contributed by atoms with E-state index in [2.05, 4.69) is 9.88 Å². The molecule has 1 unspecified atom stereocenters. The number of anilines is 1. The molecule has 1 aromatic rings. The zero-order valence-electron chi connectivity index (χ0n) is 12.5. The number of carboxylic acids is 1. The van der Waals surface area contributed by atoms with Gasteiger partial charge in [0.05, 0.1) is 11.8 Å². The summed E-state index contributed by atoms with van der Waals surface area (Å²) in [5.41, 5.74) is 0.402. The molecule has 1 aliphatic rings. The first kappa shape index (κ1) is 15.3. The molecule has 1 aliphatic heterocycles. The minimum absolute atomic E-state index is 0.146. The van der Waals surface area contributed by atoms with Crippen LogP contribution in [-0.2, 0) is 10.2 Å². The highest BCUT2D eigenvalue weighted by atomic mass is 32.1. The van der Waals surface area contributed by atoms with Gasteiger partial charge in [0.25, 0.3) is 0 Å². The zero-order chi connectivity index (χ0) is 14.9.